The monoisotopic (exact) mass is 499 g/mol. The Morgan fingerprint density at radius 1 is 1.03 bits per heavy atom. The molecular formula is C26H25F4N5O. The van der Waals surface area contributed by atoms with E-state index in [-0.39, 0.29) is 48.1 Å². The second kappa shape index (κ2) is 9.48. The third-order valence-corrected chi connectivity index (χ3v) is 7.00. The molecule has 2 aromatic heterocycles. The summed E-state index contributed by atoms with van der Waals surface area (Å²) in [6.45, 7) is 2.93. The quantitative estimate of drug-likeness (QED) is 0.439. The Labute approximate surface area is 205 Å². The molecule has 3 aromatic rings. The van der Waals surface area contributed by atoms with Crippen molar-refractivity contribution in [1.82, 2.24) is 15.0 Å². The minimum Gasteiger partial charge on any atom is -0.338 e. The van der Waals surface area contributed by atoms with Gasteiger partial charge in [0.05, 0.1) is 29.3 Å². The van der Waals surface area contributed by atoms with Crippen LogP contribution in [0.2, 0.25) is 0 Å². The van der Waals surface area contributed by atoms with Crippen molar-refractivity contribution >= 4 is 17.5 Å². The van der Waals surface area contributed by atoms with Crippen LogP contribution in [0.4, 0.5) is 29.2 Å². The van der Waals surface area contributed by atoms with Crippen molar-refractivity contribution in [2.24, 2.45) is 0 Å². The van der Waals surface area contributed by atoms with E-state index in [0.29, 0.717) is 17.7 Å². The van der Waals surface area contributed by atoms with Gasteiger partial charge < -0.3 is 10.2 Å². The molecule has 1 N–H and O–H groups in total. The first-order valence-electron chi connectivity index (χ1n) is 11.9. The van der Waals surface area contributed by atoms with Gasteiger partial charge in [-0.3, -0.25) is 9.78 Å². The lowest BCUT2D eigenvalue weighted by molar-refractivity contribution is -0.0385. The fourth-order valence-corrected chi connectivity index (χ4v) is 4.81. The highest BCUT2D eigenvalue weighted by Gasteiger charge is 2.37. The first kappa shape index (κ1) is 24.1. The molecule has 3 heterocycles. The minimum absolute atomic E-state index is 0.0256. The summed E-state index contributed by atoms with van der Waals surface area (Å²) in [5, 5.41) is 2.72. The first-order valence-corrected chi connectivity index (χ1v) is 11.9. The van der Waals surface area contributed by atoms with Crippen LogP contribution in [-0.4, -0.2) is 39.4 Å². The second-order valence-electron chi connectivity index (χ2n) is 9.43. The third-order valence-electron chi connectivity index (χ3n) is 7.00. The van der Waals surface area contributed by atoms with E-state index in [9.17, 15) is 22.4 Å². The van der Waals surface area contributed by atoms with E-state index in [1.54, 1.807) is 0 Å². The van der Waals surface area contributed by atoms with Crippen LogP contribution in [0.3, 0.4) is 0 Å². The number of pyridine rings is 1. The molecule has 0 unspecified atom stereocenters. The molecule has 1 atom stereocenters. The standard InChI is InChI=1S/C26H25F4N5O/c1-15-7-11-35(15)25-32-13-18(14-33-25)34-24(36)22-19(20-12-17(27)2-3-21(20)28)6-10-31-23(22)16-4-8-26(29,30)9-5-16/h2-3,6,10,12-16H,4-5,7-9,11H2,1H3,(H,34,36)/t15-/m0/s1. The van der Waals surface area contributed by atoms with Crippen molar-refractivity contribution in [2.45, 2.75) is 56.9 Å². The number of benzene rings is 1. The largest absolute Gasteiger partial charge is 0.338 e. The number of hydrogen-bond acceptors (Lipinski definition) is 5. The van der Waals surface area contributed by atoms with Crippen LogP contribution in [-0.2, 0) is 0 Å². The SMILES string of the molecule is C[C@H]1CCN1c1ncc(NC(=O)c2c(-c3cc(F)ccc3F)ccnc2C2CCC(F)(F)CC2)cn1. The summed E-state index contributed by atoms with van der Waals surface area (Å²) in [6.07, 6.45) is 4.99. The Kier molecular flexibility index (Phi) is 6.36. The third kappa shape index (κ3) is 4.76. The van der Waals surface area contributed by atoms with Gasteiger partial charge in [0, 0.05) is 48.7 Å². The predicted octanol–water partition coefficient (Wildman–Crippen LogP) is 5.96. The Morgan fingerprint density at radius 2 is 1.75 bits per heavy atom. The Bertz CT molecular complexity index is 1270. The maximum absolute atomic E-state index is 14.7. The Balaban J connectivity index is 1.51. The molecule has 5 rings (SSSR count). The maximum atomic E-state index is 14.7. The van der Waals surface area contributed by atoms with Crippen LogP contribution in [0.1, 0.15) is 61.0 Å². The second-order valence-corrected chi connectivity index (χ2v) is 9.43. The molecule has 10 heteroatoms. The van der Waals surface area contributed by atoms with E-state index in [1.807, 2.05) is 4.90 Å². The molecule has 1 saturated carbocycles. The molecule has 36 heavy (non-hydrogen) atoms. The van der Waals surface area contributed by atoms with Crippen LogP contribution in [0.5, 0.6) is 0 Å². The highest BCUT2D eigenvalue weighted by molar-refractivity contribution is 6.09. The van der Waals surface area contributed by atoms with Gasteiger partial charge in [-0.15, -0.1) is 0 Å². The van der Waals surface area contributed by atoms with Crippen molar-refractivity contribution in [3.05, 3.63) is 65.7 Å². The van der Waals surface area contributed by atoms with Crippen molar-refractivity contribution in [1.29, 1.82) is 0 Å². The molecule has 2 fully saturated rings. The number of rotatable bonds is 5. The summed E-state index contributed by atoms with van der Waals surface area (Å²) < 4.78 is 56.4. The van der Waals surface area contributed by atoms with Gasteiger partial charge in [-0.25, -0.2) is 27.5 Å². The van der Waals surface area contributed by atoms with Crippen molar-refractivity contribution in [3.63, 3.8) is 0 Å². The molecule has 188 valence electrons. The first-order chi connectivity index (χ1) is 17.2. The summed E-state index contributed by atoms with van der Waals surface area (Å²) in [5.41, 5.74) is 0.656. The molecule has 1 aliphatic heterocycles. The number of nitrogens with zero attached hydrogens (tertiary/aromatic N) is 4. The Hall–Kier alpha value is -3.56. The normalized spacial score (nSPS) is 19.6. The molecule has 2 aliphatic rings. The number of nitrogens with one attached hydrogen (secondary N) is 1. The molecule has 6 nitrogen and oxygen atoms in total. The van der Waals surface area contributed by atoms with Crippen LogP contribution < -0.4 is 10.2 Å². The van der Waals surface area contributed by atoms with E-state index in [1.165, 1.54) is 24.7 Å². The number of alkyl halides is 2. The van der Waals surface area contributed by atoms with Crippen LogP contribution in [0, 0.1) is 11.6 Å². The number of carbonyl (C=O) groups is 1. The van der Waals surface area contributed by atoms with Gasteiger partial charge in [-0.1, -0.05) is 0 Å². The summed E-state index contributed by atoms with van der Waals surface area (Å²) >= 11 is 0. The van der Waals surface area contributed by atoms with E-state index in [0.717, 1.165) is 31.2 Å². The number of hydrogen-bond donors (Lipinski definition) is 1. The van der Waals surface area contributed by atoms with E-state index >= 15 is 0 Å². The molecule has 1 amide bonds. The zero-order chi connectivity index (χ0) is 25.4. The van der Waals surface area contributed by atoms with Crippen LogP contribution in [0.15, 0.2) is 42.9 Å². The molecule has 0 spiro atoms. The van der Waals surface area contributed by atoms with E-state index in [4.69, 9.17) is 0 Å². The summed E-state index contributed by atoms with van der Waals surface area (Å²) in [4.78, 5) is 28.6. The van der Waals surface area contributed by atoms with Gasteiger partial charge in [0.1, 0.15) is 11.6 Å². The number of carbonyl (C=O) groups excluding carboxylic acids is 1. The summed E-state index contributed by atoms with van der Waals surface area (Å²) in [7, 11) is 0. The topological polar surface area (TPSA) is 71.0 Å². The zero-order valence-electron chi connectivity index (χ0n) is 19.6. The van der Waals surface area contributed by atoms with Crippen LogP contribution in [0.25, 0.3) is 11.1 Å². The number of anilines is 2. The maximum Gasteiger partial charge on any atom is 0.258 e. The lowest BCUT2D eigenvalue weighted by Crippen LogP contribution is -2.46. The fourth-order valence-electron chi connectivity index (χ4n) is 4.81. The molecular weight excluding hydrogens is 474 g/mol. The van der Waals surface area contributed by atoms with Gasteiger partial charge in [-0.2, -0.15) is 0 Å². The highest BCUT2D eigenvalue weighted by Crippen LogP contribution is 2.43. The van der Waals surface area contributed by atoms with Crippen molar-refractivity contribution < 1.29 is 22.4 Å². The van der Waals surface area contributed by atoms with Gasteiger partial charge in [-0.05, 0) is 50.5 Å². The number of halogens is 4. The molecule has 0 bridgehead atoms. The smallest absolute Gasteiger partial charge is 0.258 e. The molecule has 1 aliphatic carbocycles. The summed E-state index contributed by atoms with van der Waals surface area (Å²) in [6, 6.07) is 4.75. The van der Waals surface area contributed by atoms with Gasteiger partial charge >= 0.3 is 0 Å². The average Bonchev–Trinajstić information content (AvgIpc) is 2.85. The van der Waals surface area contributed by atoms with Crippen molar-refractivity contribution in [3.8, 4) is 11.1 Å². The summed E-state index contributed by atoms with van der Waals surface area (Å²) in [5.74, 6) is -4.64. The van der Waals surface area contributed by atoms with Gasteiger partial charge in [0.15, 0.2) is 0 Å². The molecule has 0 radical (unpaired) electrons. The van der Waals surface area contributed by atoms with Crippen molar-refractivity contribution in [2.75, 3.05) is 16.8 Å². The minimum atomic E-state index is -2.77. The average molecular weight is 500 g/mol. The Morgan fingerprint density at radius 3 is 2.39 bits per heavy atom. The number of aromatic nitrogens is 3. The fraction of sp³-hybridized carbons (Fsp3) is 0.385. The zero-order valence-corrected chi connectivity index (χ0v) is 19.6. The van der Waals surface area contributed by atoms with E-state index < -0.39 is 29.4 Å². The van der Waals surface area contributed by atoms with E-state index in [2.05, 4.69) is 27.2 Å². The molecule has 1 saturated heterocycles. The highest BCUT2D eigenvalue weighted by atomic mass is 19.3. The lowest BCUT2D eigenvalue weighted by atomic mass is 9.81. The lowest BCUT2D eigenvalue weighted by Gasteiger charge is -2.38. The van der Waals surface area contributed by atoms with Gasteiger partial charge in [0.25, 0.3) is 5.91 Å². The van der Waals surface area contributed by atoms with Gasteiger partial charge in [0.2, 0.25) is 11.9 Å². The predicted molar refractivity (Wildman–Crippen MR) is 127 cm³/mol. The number of amides is 1. The molecule has 1 aromatic carbocycles. The van der Waals surface area contributed by atoms with Crippen LogP contribution >= 0.6 is 0 Å².